The van der Waals surface area contributed by atoms with Crippen molar-refractivity contribution < 1.29 is 9.47 Å². The van der Waals surface area contributed by atoms with Gasteiger partial charge in [-0.3, -0.25) is 0 Å². The Kier molecular flexibility index (Phi) is 5.24. The average Bonchev–Trinajstić information content (AvgIpc) is 2.93. The highest BCUT2D eigenvalue weighted by Gasteiger charge is 2.34. The number of benzene rings is 1. The van der Waals surface area contributed by atoms with Crippen molar-refractivity contribution in [2.75, 3.05) is 19.0 Å². The van der Waals surface area contributed by atoms with Crippen LogP contribution in [-0.4, -0.2) is 19.0 Å². The van der Waals surface area contributed by atoms with E-state index in [9.17, 15) is 0 Å². The van der Waals surface area contributed by atoms with Crippen LogP contribution in [0.2, 0.25) is 0 Å². The molecule has 1 aromatic rings. The fraction of sp³-hybridized carbons (Fsp3) is 0.667. The van der Waals surface area contributed by atoms with Crippen LogP contribution in [0.5, 0.6) is 11.5 Å². The second-order valence-electron chi connectivity index (χ2n) is 7.24. The molecule has 2 nitrogen and oxygen atoms in total. The molecule has 0 aliphatic heterocycles. The van der Waals surface area contributed by atoms with Crippen LogP contribution in [0.15, 0.2) is 18.2 Å². The number of ether oxygens (including phenoxy) is 2. The van der Waals surface area contributed by atoms with E-state index in [-0.39, 0.29) is 5.41 Å². The zero-order valence-electron chi connectivity index (χ0n) is 13.7. The molecular weight excluding hydrogens is 328 g/mol. The molecule has 0 unspecified atom stereocenters. The van der Waals surface area contributed by atoms with Crippen molar-refractivity contribution in [1.29, 1.82) is 0 Å². The van der Waals surface area contributed by atoms with Gasteiger partial charge in [-0.25, -0.2) is 0 Å². The van der Waals surface area contributed by atoms with Gasteiger partial charge in [0.05, 0.1) is 13.7 Å². The van der Waals surface area contributed by atoms with Crippen molar-refractivity contribution >= 4 is 15.9 Å². The molecule has 1 aromatic carbocycles. The summed E-state index contributed by atoms with van der Waals surface area (Å²) in [6, 6.07) is 6.14. The summed E-state index contributed by atoms with van der Waals surface area (Å²) in [4.78, 5) is 0. The summed E-state index contributed by atoms with van der Waals surface area (Å²) in [5.41, 5.74) is 1.57. The third-order valence-corrected chi connectivity index (χ3v) is 5.67. The van der Waals surface area contributed by atoms with Crippen LogP contribution < -0.4 is 9.47 Å². The smallest absolute Gasteiger partial charge is 0.123 e. The third-order valence-electron chi connectivity index (χ3n) is 4.48. The van der Waals surface area contributed by atoms with Crippen LogP contribution >= 0.6 is 15.9 Å². The van der Waals surface area contributed by atoms with Gasteiger partial charge in [-0.15, -0.1) is 0 Å². The first kappa shape index (κ1) is 16.7. The molecule has 0 amide bonds. The Labute approximate surface area is 137 Å². The van der Waals surface area contributed by atoms with Gasteiger partial charge in [0.15, 0.2) is 0 Å². The Bertz CT molecular complexity index is 471. The summed E-state index contributed by atoms with van der Waals surface area (Å²) in [5, 5.41) is 1.03. The van der Waals surface area contributed by atoms with Crippen LogP contribution in [0.1, 0.15) is 52.0 Å². The lowest BCUT2D eigenvalue weighted by Crippen LogP contribution is -2.27. The Morgan fingerprint density at radius 2 is 1.86 bits per heavy atom. The second kappa shape index (κ2) is 6.60. The number of hydrogen-bond donors (Lipinski definition) is 0. The molecule has 0 atom stereocenters. The van der Waals surface area contributed by atoms with E-state index in [4.69, 9.17) is 9.47 Å². The van der Waals surface area contributed by atoms with E-state index in [0.29, 0.717) is 5.41 Å². The molecule has 0 saturated heterocycles. The fourth-order valence-corrected chi connectivity index (χ4v) is 3.74. The zero-order chi connectivity index (χ0) is 15.5. The van der Waals surface area contributed by atoms with E-state index in [1.807, 2.05) is 6.07 Å². The normalized spacial score (nSPS) is 17.8. The van der Waals surface area contributed by atoms with E-state index < -0.39 is 0 Å². The first-order valence-electron chi connectivity index (χ1n) is 7.77. The highest BCUT2D eigenvalue weighted by atomic mass is 79.9. The van der Waals surface area contributed by atoms with Gasteiger partial charge in [-0.05, 0) is 36.5 Å². The summed E-state index contributed by atoms with van der Waals surface area (Å²) in [6.07, 6.45) is 5.17. The van der Waals surface area contributed by atoms with Crippen molar-refractivity contribution in [3.63, 3.8) is 0 Å². The van der Waals surface area contributed by atoms with Crippen LogP contribution in [0.3, 0.4) is 0 Å². The molecule has 1 fully saturated rings. The topological polar surface area (TPSA) is 18.5 Å². The van der Waals surface area contributed by atoms with Crippen LogP contribution in [0.4, 0.5) is 0 Å². The monoisotopic (exact) mass is 354 g/mol. The van der Waals surface area contributed by atoms with Gasteiger partial charge in [-0.2, -0.15) is 0 Å². The van der Waals surface area contributed by atoms with Gasteiger partial charge in [-0.1, -0.05) is 49.5 Å². The second-order valence-corrected chi connectivity index (χ2v) is 7.80. The van der Waals surface area contributed by atoms with E-state index in [1.54, 1.807) is 7.11 Å². The van der Waals surface area contributed by atoms with Crippen LogP contribution in [-0.2, 0) is 5.41 Å². The fourth-order valence-electron chi connectivity index (χ4n) is 3.02. The highest BCUT2D eigenvalue weighted by molar-refractivity contribution is 9.09. The van der Waals surface area contributed by atoms with E-state index in [1.165, 1.54) is 31.2 Å². The van der Waals surface area contributed by atoms with Gasteiger partial charge < -0.3 is 9.47 Å². The first-order chi connectivity index (χ1) is 9.90. The number of halogens is 1. The Morgan fingerprint density at radius 3 is 2.38 bits per heavy atom. The lowest BCUT2D eigenvalue weighted by molar-refractivity contribution is 0.171. The molecular formula is C18H27BrO2. The van der Waals surface area contributed by atoms with Crippen molar-refractivity contribution in [3.05, 3.63) is 23.8 Å². The molecule has 0 radical (unpaired) electrons. The molecule has 0 aromatic heterocycles. The molecule has 0 N–H and O–H groups in total. The molecule has 0 spiro atoms. The number of rotatable bonds is 5. The summed E-state index contributed by atoms with van der Waals surface area (Å²) in [7, 11) is 1.71. The Hall–Kier alpha value is -0.700. The maximum absolute atomic E-state index is 6.26. The van der Waals surface area contributed by atoms with Gasteiger partial charge in [0, 0.05) is 16.3 Å². The van der Waals surface area contributed by atoms with Crippen molar-refractivity contribution in [2.45, 2.75) is 51.9 Å². The summed E-state index contributed by atoms with van der Waals surface area (Å²) < 4.78 is 11.6. The summed E-state index contributed by atoms with van der Waals surface area (Å²) in [5.74, 6) is 1.89. The van der Waals surface area contributed by atoms with E-state index in [2.05, 4.69) is 48.8 Å². The predicted molar refractivity (Wildman–Crippen MR) is 91.9 cm³/mol. The molecule has 0 bridgehead atoms. The van der Waals surface area contributed by atoms with Crippen LogP contribution in [0, 0.1) is 5.41 Å². The largest absolute Gasteiger partial charge is 0.497 e. The van der Waals surface area contributed by atoms with Crippen LogP contribution in [0.25, 0.3) is 0 Å². The van der Waals surface area contributed by atoms with E-state index in [0.717, 1.165) is 23.4 Å². The molecule has 21 heavy (non-hydrogen) atoms. The van der Waals surface area contributed by atoms with Gasteiger partial charge in [0.1, 0.15) is 11.5 Å². The number of methoxy groups -OCH3 is 1. The van der Waals surface area contributed by atoms with Crippen molar-refractivity contribution in [3.8, 4) is 11.5 Å². The molecule has 1 aliphatic carbocycles. The molecule has 0 heterocycles. The SMILES string of the molecule is COc1ccc(OCC2(CBr)CCCC2)c(C(C)(C)C)c1. The maximum Gasteiger partial charge on any atom is 0.123 e. The molecule has 1 aliphatic rings. The van der Waals surface area contributed by atoms with Gasteiger partial charge in [0.25, 0.3) is 0 Å². The molecule has 3 heteroatoms. The van der Waals surface area contributed by atoms with Gasteiger partial charge >= 0.3 is 0 Å². The number of alkyl halides is 1. The maximum atomic E-state index is 6.26. The molecule has 2 rings (SSSR count). The quantitative estimate of drug-likeness (QED) is 0.665. The molecule has 1 saturated carbocycles. The zero-order valence-corrected chi connectivity index (χ0v) is 15.3. The predicted octanol–water partition coefficient (Wildman–Crippen LogP) is 5.33. The summed E-state index contributed by atoms with van der Waals surface area (Å²) >= 11 is 3.69. The first-order valence-corrected chi connectivity index (χ1v) is 8.90. The minimum Gasteiger partial charge on any atom is -0.497 e. The third kappa shape index (κ3) is 3.94. The Morgan fingerprint density at radius 1 is 1.19 bits per heavy atom. The van der Waals surface area contributed by atoms with Crippen molar-refractivity contribution in [2.24, 2.45) is 5.41 Å². The standard InChI is InChI=1S/C18H27BrO2/c1-17(2,3)15-11-14(20-4)7-8-16(15)21-13-18(12-19)9-5-6-10-18/h7-8,11H,5-6,9-10,12-13H2,1-4H3. The molecule has 118 valence electrons. The lowest BCUT2D eigenvalue weighted by Gasteiger charge is -2.29. The average molecular weight is 355 g/mol. The van der Waals surface area contributed by atoms with Crippen molar-refractivity contribution in [1.82, 2.24) is 0 Å². The van der Waals surface area contributed by atoms with Gasteiger partial charge in [0.2, 0.25) is 0 Å². The lowest BCUT2D eigenvalue weighted by atomic mass is 9.86. The number of hydrogen-bond acceptors (Lipinski definition) is 2. The highest BCUT2D eigenvalue weighted by Crippen LogP contribution is 2.41. The summed E-state index contributed by atoms with van der Waals surface area (Å²) in [6.45, 7) is 7.44. The minimum absolute atomic E-state index is 0.0428. The minimum atomic E-state index is 0.0428. The Balaban J connectivity index is 2.19. The van der Waals surface area contributed by atoms with E-state index >= 15 is 0 Å².